The fourth-order valence-corrected chi connectivity index (χ4v) is 13.6. The molecule has 24 nitrogen and oxygen atoms in total. The molecule has 11 N–H and O–H groups in total. The molecule has 0 aromatic carbocycles. The van der Waals surface area contributed by atoms with Crippen LogP contribution < -0.4 is 10.6 Å². The third-order valence-corrected chi connectivity index (χ3v) is 19.0. The Bertz CT molecular complexity index is 2070. The molecule has 0 radical (unpaired) electrons. The summed E-state index contributed by atoms with van der Waals surface area (Å²) in [6.07, 6.45) is 15.4. The molecule has 7 unspecified atom stereocenters. The van der Waals surface area contributed by atoms with Gasteiger partial charge in [-0.1, -0.05) is 259 Å². The van der Waals surface area contributed by atoms with E-state index < -0.39 is 164 Å². The summed E-state index contributed by atoms with van der Waals surface area (Å²) in [7, 11) is -10.2. The lowest BCUT2D eigenvalue weighted by molar-refractivity contribution is -0.296. The molecule has 2 saturated heterocycles. The quantitative estimate of drug-likeness (QED) is 0.0153. The van der Waals surface area contributed by atoms with Gasteiger partial charge in [-0.3, -0.25) is 32.8 Å². The van der Waals surface area contributed by atoms with Crippen LogP contribution in [0.15, 0.2) is 0 Å². The maximum atomic E-state index is 14.1. The second-order valence-electron chi connectivity index (χ2n) is 27.1. The highest BCUT2D eigenvalue weighted by Crippen LogP contribution is 2.44. The number of phosphoric acid groups is 1. The molecular formula is C69H132N2O22P2. The van der Waals surface area contributed by atoms with Crippen LogP contribution in [0.25, 0.3) is 0 Å². The predicted octanol–water partition coefficient (Wildman–Crippen LogP) is 11.6. The summed E-state index contributed by atoms with van der Waals surface area (Å²) >= 11 is 0. The van der Waals surface area contributed by atoms with Crippen molar-refractivity contribution in [3.8, 4) is 0 Å². The Morgan fingerprint density at radius 1 is 0.421 bits per heavy atom. The van der Waals surface area contributed by atoms with Crippen LogP contribution in [0.3, 0.4) is 0 Å². The summed E-state index contributed by atoms with van der Waals surface area (Å²) in [5, 5.41) is 72.5. The number of ether oxygens (including phenoxy) is 5. The number of phosphoric ester groups is 1. The van der Waals surface area contributed by atoms with Gasteiger partial charge in [-0.2, -0.15) is 0 Å². The second kappa shape index (κ2) is 53.6. The Morgan fingerprint density at radius 3 is 1.05 bits per heavy atom. The number of amides is 2. The van der Waals surface area contributed by atoms with Crippen molar-refractivity contribution in [2.24, 2.45) is 0 Å². The lowest BCUT2D eigenvalue weighted by Gasteiger charge is -2.47. The average molecular weight is 1400 g/mol. The zero-order valence-corrected chi connectivity index (χ0v) is 60.6. The number of carbonyl (C=O) groups excluding carboxylic acids is 4. The molecule has 0 aromatic heterocycles. The van der Waals surface area contributed by atoms with E-state index in [0.29, 0.717) is 25.7 Å². The van der Waals surface area contributed by atoms with E-state index in [4.69, 9.17) is 32.7 Å². The van der Waals surface area contributed by atoms with Gasteiger partial charge in [0, 0.05) is 6.66 Å². The van der Waals surface area contributed by atoms with E-state index in [1.54, 1.807) is 0 Å². The minimum Gasteiger partial charge on any atom is -0.457 e. The third-order valence-electron chi connectivity index (χ3n) is 17.9. The monoisotopic (exact) mass is 1400 g/mol. The number of aliphatic hydroxyl groups is 6. The summed E-state index contributed by atoms with van der Waals surface area (Å²) in [6, 6.07) is -3.55. The first-order chi connectivity index (χ1) is 45.4. The molecule has 15 atom stereocenters. The molecule has 0 spiro atoms. The zero-order chi connectivity index (χ0) is 70.3. The van der Waals surface area contributed by atoms with Crippen molar-refractivity contribution < 1.29 is 106 Å². The molecule has 26 heteroatoms. The van der Waals surface area contributed by atoms with Crippen LogP contribution in [0.4, 0.5) is 0 Å². The van der Waals surface area contributed by atoms with Gasteiger partial charge in [0.25, 0.3) is 0 Å². The number of aliphatic hydroxyl groups excluding tert-OH is 6. The number of nitrogens with one attached hydrogen (secondary N) is 2. The van der Waals surface area contributed by atoms with Crippen molar-refractivity contribution in [3.63, 3.8) is 0 Å². The molecule has 0 bridgehead atoms. The van der Waals surface area contributed by atoms with Gasteiger partial charge in [-0.25, -0.2) is 4.57 Å². The highest BCUT2D eigenvalue weighted by atomic mass is 31.2. The first-order valence-electron chi connectivity index (χ1n) is 37.1. The van der Waals surface area contributed by atoms with Crippen molar-refractivity contribution in [1.82, 2.24) is 10.6 Å². The normalized spacial score (nSPS) is 23.5. The van der Waals surface area contributed by atoms with E-state index in [1.807, 2.05) is 0 Å². The van der Waals surface area contributed by atoms with Gasteiger partial charge in [0.2, 0.25) is 11.8 Å². The number of esters is 2. The minimum absolute atomic E-state index is 0.212. The number of hydrogen-bond donors (Lipinski definition) is 11. The van der Waals surface area contributed by atoms with Gasteiger partial charge in [-0.05, 0) is 25.7 Å². The van der Waals surface area contributed by atoms with Crippen molar-refractivity contribution in [1.29, 1.82) is 0 Å². The summed E-state index contributed by atoms with van der Waals surface area (Å²) in [5.41, 5.74) is 0. The molecule has 2 aliphatic rings. The molecular weight excluding hydrogens is 1270 g/mol. The lowest BCUT2D eigenvalue weighted by Crippen LogP contribution is -2.68. The second-order valence-corrected chi connectivity index (χ2v) is 30.1. The number of carbonyl (C=O) groups is 4. The van der Waals surface area contributed by atoms with Crippen LogP contribution in [0, 0.1) is 0 Å². The van der Waals surface area contributed by atoms with Crippen molar-refractivity contribution in [2.75, 3.05) is 19.9 Å². The summed E-state index contributed by atoms with van der Waals surface area (Å²) in [5.74, 6) is -3.81. The predicted molar refractivity (Wildman–Crippen MR) is 364 cm³/mol. The van der Waals surface area contributed by atoms with E-state index >= 15 is 0 Å². The van der Waals surface area contributed by atoms with Crippen LogP contribution in [0.2, 0.25) is 0 Å². The van der Waals surface area contributed by atoms with Crippen molar-refractivity contribution in [3.05, 3.63) is 0 Å². The van der Waals surface area contributed by atoms with Crippen LogP contribution >= 0.6 is 15.4 Å². The SMILES string of the molecule is CCCCCCCCCCC[C@@H](O)CC(=O)N[C@@H]1C(OP(C)(=O)O)OC(CO[C@@H]2OC(CO)C(OP(=O)(O)O)C(OC(=O)C[C@H](O)CCCCCCCCCCC)[C@@H]2NC(=O)C[C@H](O)CCCCCCCCCCC)[C@@H](O)C1OC(=O)C[C@H](O)CCCCCCCCCCC. The van der Waals surface area contributed by atoms with Crippen LogP contribution in [0.5, 0.6) is 0 Å². The van der Waals surface area contributed by atoms with Gasteiger partial charge in [0.05, 0.1) is 63.3 Å². The van der Waals surface area contributed by atoms with E-state index in [0.717, 1.165) is 161 Å². The standard InChI is InChI=1S/C69H132N2O22P2/c1-6-10-14-18-22-26-30-34-38-42-52(73)46-58(77)70-62-66(90-60(79)48-54(75)44-40-36-32-28-24-20-16-12-8-3)64(81)57(89-69(62)93-94(5,82)83)51-87-68-63(71-59(78)47-53(74)43-39-35-31-27-23-19-15-11-7-2)67(65(56(50-72)88-68)92-95(84,85)86)91-61(80)49-55(76)45-41-37-33-29-25-21-17-13-9-4/h52-57,62-69,72-76,81H,6-51H2,1-5H3,(H,70,77)(H,71,78)(H,82,83)(H2,84,85,86)/t52-,53-,54-,55-,56?,57?,62+,63+,64-,65?,66?,67?,68-,69?/m1/s1. The van der Waals surface area contributed by atoms with Gasteiger partial charge in [-0.15, -0.1) is 0 Å². The fraction of sp³-hybridized carbons (Fsp3) is 0.942. The van der Waals surface area contributed by atoms with Gasteiger partial charge in [0.1, 0.15) is 36.5 Å². The molecule has 2 heterocycles. The Morgan fingerprint density at radius 2 is 0.726 bits per heavy atom. The van der Waals surface area contributed by atoms with E-state index in [1.165, 1.54) is 51.4 Å². The summed E-state index contributed by atoms with van der Waals surface area (Å²) < 4.78 is 66.7. The van der Waals surface area contributed by atoms with Gasteiger partial charge >= 0.3 is 27.4 Å². The number of unbranched alkanes of at least 4 members (excludes halogenated alkanes) is 32. The smallest absolute Gasteiger partial charge is 0.457 e. The van der Waals surface area contributed by atoms with Crippen LogP contribution in [-0.4, -0.2) is 175 Å². The minimum atomic E-state index is -5.54. The maximum Gasteiger partial charge on any atom is 0.470 e. The summed E-state index contributed by atoms with van der Waals surface area (Å²) in [4.78, 5) is 86.9. The largest absolute Gasteiger partial charge is 0.470 e. The molecule has 0 saturated carbocycles. The molecule has 2 fully saturated rings. The molecule has 2 amide bonds. The van der Waals surface area contributed by atoms with Crippen LogP contribution in [-0.2, 0) is 61.0 Å². The number of hydrogen-bond acceptors (Lipinski definition) is 19. The Balaban J connectivity index is 2.55. The molecule has 95 heavy (non-hydrogen) atoms. The summed E-state index contributed by atoms with van der Waals surface area (Å²) in [6.45, 7) is 7.51. The third kappa shape index (κ3) is 43.3. The number of rotatable bonds is 60. The zero-order valence-electron chi connectivity index (χ0n) is 58.8. The molecule has 0 aromatic rings. The van der Waals surface area contributed by atoms with Gasteiger partial charge in [0.15, 0.2) is 24.8 Å². The van der Waals surface area contributed by atoms with E-state index in [-0.39, 0.29) is 25.7 Å². The lowest BCUT2D eigenvalue weighted by atomic mass is 9.95. The topological polar surface area (TPSA) is 373 Å². The van der Waals surface area contributed by atoms with Crippen molar-refractivity contribution in [2.45, 2.75) is 396 Å². The maximum absolute atomic E-state index is 14.1. The first-order valence-corrected chi connectivity index (χ1v) is 40.6. The highest BCUT2D eigenvalue weighted by molar-refractivity contribution is 7.51. The molecule has 0 aliphatic carbocycles. The molecule has 2 rings (SSSR count). The van der Waals surface area contributed by atoms with E-state index in [2.05, 4.69) is 38.3 Å². The molecule has 2 aliphatic heterocycles. The Kier molecular flexibility index (Phi) is 50.1. The average Bonchev–Trinajstić information content (AvgIpc) is 0.787. The molecule has 560 valence electrons. The Hall–Kier alpha value is -2.22. The van der Waals surface area contributed by atoms with Crippen molar-refractivity contribution >= 4 is 39.2 Å². The fourth-order valence-electron chi connectivity index (χ4n) is 12.5. The first kappa shape index (κ1) is 88.9. The Labute approximate surface area is 569 Å². The van der Waals surface area contributed by atoms with Gasteiger partial charge < -0.3 is 79.6 Å². The van der Waals surface area contributed by atoms with Crippen LogP contribution in [0.1, 0.15) is 310 Å². The van der Waals surface area contributed by atoms with E-state index in [9.17, 15) is 73.6 Å². The highest BCUT2D eigenvalue weighted by Gasteiger charge is 2.54.